The summed E-state index contributed by atoms with van der Waals surface area (Å²) in [5, 5.41) is 0. The molecule has 1 rings (SSSR count). The van der Waals surface area contributed by atoms with Gasteiger partial charge in [0, 0.05) is 5.92 Å². The first-order chi connectivity index (χ1) is 8.79. The maximum Gasteiger partial charge on any atom is 0.312 e. The van der Waals surface area contributed by atoms with Gasteiger partial charge in [-0.2, -0.15) is 0 Å². The molecule has 0 radical (unpaired) electrons. The molecule has 0 aromatic rings. The van der Waals surface area contributed by atoms with E-state index in [2.05, 4.69) is 27.7 Å². The van der Waals surface area contributed by atoms with E-state index < -0.39 is 0 Å². The molecule has 2 nitrogen and oxygen atoms in total. The topological polar surface area (TPSA) is 26.3 Å². The largest absolute Gasteiger partial charge is 0.458 e. The number of ether oxygens (including phenoxy) is 1. The minimum absolute atomic E-state index is 0.00981. The summed E-state index contributed by atoms with van der Waals surface area (Å²) in [6.45, 7) is 12.7. The van der Waals surface area contributed by atoms with Crippen LogP contribution in [0.5, 0.6) is 0 Å². The van der Waals surface area contributed by atoms with Gasteiger partial charge in [0.1, 0.15) is 5.60 Å². The fourth-order valence-corrected chi connectivity index (χ4v) is 3.28. The Morgan fingerprint density at radius 3 is 2.42 bits per heavy atom. The molecule has 1 saturated carbocycles. The Bertz CT molecular complexity index is 306. The third-order valence-corrected chi connectivity index (χ3v) is 5.18. The summed E-state index contributed by atoms with van der Waals surface area (Å²) in [7, 11) is 0. The van der Waals surface area contributed by atoms with Crippen LogP contribution in [0.15, 0.2) is 0 Å². The molecule has 2 unspecified atom stereocenters. The van der Waals surface area contributed by atoms with E-state index in [-0.39, 0.29) is 17.0 Å². The number of esters is 1. The van der Waals surface area contributed by atoms with E-state index in [1.165, 1.54) is 19.3 Å². The van der Waals surface area contributed by atoms with Crippen LogP contribution in [0.3, 0.4) is 0 Å². The highest BCUT2D eigenvalue weighted by atomic mass is 16.6. The van der Waals surface area contributed by atoms with Crippen LogP contribution < -0.4 is 0 Å². The highest BCUT2D eigenvalue weighted by molar-refractivity contribution is 5.76. The predicted octanol–water partition coefficient (Wildman–Crippen LogP) is 4.96. The molecule has 2 atom stereocenters. The first-order valence-electron chi connectivity index (χ1n) is 8.02. The van der Waals surface area contributed by atoms with Gasteiger partial charge >= 0.3 is 5.97 Å². The molecule has 0 heterocycles. The summed E-state index contributed by atoms with van der Waals surface area (Å²) in [4.78, 5) is 12.5. The third-order valence-electron chi connectivity index (χ3n) is 5.18. The van der Waals surface area contributed by atoms with Crippen molar-refractivity contribution in [2.75, 3.05) is 0 Å². The van der Waals surface area contributed by atoms with E-state index in [0.717, 1.165) is 19.3 Å². The van der Waals surface area contributed by atoms with E-state index >= 15 is 0 Å². The molecular formula is C17H32O2. The molecule has 0 aromatic carbocycles. The number of hydrogen-bond acceptors (Lipinski definition) is 2. The lowest BCUT2D eigenvalue weighted by atomic mass is 9.68. The van der Waals surface area contributed by atoms with Gasteiger partial charge in [0.15, 0.2) is 0 Å². The minimum atomic E-state index is -0.360. The first-order valence-corrected chi connectivity index (χ1v) is 8.02. The van der Waals surface area contributed by atoms with Crippen molar-refractivity contribution in [2.45, 2.75) is 85.7 Å². The summed E-state index contributed by atoms with van der Waals surface area (Å²) >= 11 is 0. The molecule has 0 bridgehead atoms. The normalized spacial score (nSPS) is 28.5. The molecule has 0 saturated heterocycles. The molecule has 0 aliphatic heterocycles. The van der Waals surface area contributed by atoms with Crippen molar-refractivity contribution in [3.63, 3.8) is 0 Å². The lowest BCUT2D eigenvalue weighted by Gasteiger charge is -2.46. The maximum atomic E-state index is 12.5. The number of hydrogen-bond donors (Lipinski definition) is 0. The maximum absolute atomic E-state index is 12.5. The van der Waals surface area contributed by atoms with E-state index in [4.69, 9.17) is 4.74 Å². The van der Waals surface area contributed by atoms with Crippen molar-refractivity contribution in [3.05, 3.63) is 0 Å². The van der Waals surface area contributed by atoms with Gasteiger partial charge < -0.3 is 4.74 Å². The molecule has 112 valence electrons. The Morgan fingerprint density at radius 2 is 1.95 bits per heavy atom. The molecule has 1 aliphatic carbocycles. The van der Waals surface area contributed by atoms with Crippen LogP contribution >= 0.6 is 0 Å². The van der Waals surface area contributed by atoms with Crippen LogP contribution in [-0.4, -0.2) is 11.6 Å². The highest BCUT2D eigenvalue weighted by Crippen LogP contribution is 2.44. The van der Waals surface area contributed by atoms with Crippen LogP contribution in [0, 0.1) is 17.3 Å². The highest BCUT2D eigenvalue weighted by Gasteiger charge is 2.45. The summed E-state index contributed by atoms with van der Waals surface area (Å²) in [5.74, 6) is 1.09. The molecule has 0 spiro atoms. The van der Waals surface area contributed by atoms with Gasteiger partial charge in [-0.25, -0.2) is 0 Å². The van der Waals surface area contributed by atoms with E-state index in [1.54, 1.807) is 0 Å². The average molecular weight is 268 g/mol. The van der Waals surface area contributed by atoms with Crippen molar-refractivity contribution in [3.8, 4) is 0 Å². The fraction of sp³-hybridized carbons (Fsp3) is 0.941. The Labute approximate surface area is 119 Å². The SMILES string of the molecule is CCC(C)(C)C(=O)OC1(CC)CCCCC1C(C)C. The summed E-state index contributed by atoms with van der Waals surface area (Å²) < 4.78 is 6.12. The predicted molar refractivity (Wildman–Crippen MR) is 80.0 cm³/mol. The van der Waals surface area contributed by atoms with Crippen LogP contribution in [-0.2, 0) is 9.53 Å². The van der Waals surface area contributed by atoms with E-state index in [1.807, 2.05) is 13.8 Å². The zero-order valence-corrected chi connectivity index (χ0v) is 13.7. The molecule has 19 heavy (non-hydrogen) atoms. The van der Waals surface area contributed by atoms with Crippen molar-refractivity contribution < 1.29 is 9.53 Å². The Balaban J connectivity index is 2.92. The second kappa shape index (κ2) is 6.28. The van der Waals surface area contributed by atoms with Gasteiger partial charge in [-0.15, -0.1) is 0 Å². The molecule has 0 aromatic heterocycles. The van der Waals surface area contributed by atoms with Crippen molar-refractivity contribution >= 4 is 5.97 Å². The van der Waals surface area contributed by atoms with Crippen molar-refractivity contribution in [2.24, 2.45) is 17.3 Å². The number of rotatable bonds is 5. The Morgan fingerprint density at radius 1 is 1.32 bits per heavy atom. The van der Waals surface area contributed by atoms with Crippen molar-refractivity contribution in [1.82, 2.24) is 0 Å². The molecule has 1 aliphatic rings. The standard InChI is InChI=1S/C17H32O2/c1-7-16(5,6)15(18)19-17(8-2)12-10-9-11-14(17)13(3)4/h13-14H,7-12H2,1-6H3. The molecule has 2 heteroatoms. The summed E-state index contributed by atoms with van der Waals surface area (Å²) in [5.41, 5.74) is -0.572. The molecule has 1 fully saturated rings. The Kier molecular flexibility index (Phi) is 5.46. The molecule has 0 amide bonds. The summed E-state index contributed by atoms with van der Waals surface area (Å²) in [6, 6.07) is 0. The second-order valence-electron chi connectivity index (χ2n) is 7.14. The first kappa shape index (κ1) is 16.5. The molecule has 0 N–H and O–H groups in total. The van der Waals surface area contributed by atoms with Gasteiger partial charge in [-0.1, -0.05) is 34.1 Å². The van der Waals surface area contributed by atoms with E-state index in [0.29, 0.717) is 11.8 Å². The average Bonchev–Trinajstić information content (AvgIpc) is 2.38. The lowest BCUT2D eigenvalue weighted by Crippen LogP contribution is -2.48. The number of carbonyl (C=O) groups excluding carboxylic acids is 1. The third kappa shape index (κ3) is 3.52. The quantitative estimate of drug-likeness (QED) is 0.659. The van der Waals surface area contributed by atoms with Gasteiger partial charge in [-0.05, 0) is 51.9 Å². The zero-order valence-electron chi connectivity index (χ0n) is 13.7. The van der Waals surface area contributed by atoms with E-state index in [9.17, 15) is 4.79 Å². The van der Waals surface area contributed by atoms with Crippen LogP contribution in [0.1, 0.15) is 80.1 Å². The van der Waals surface area contributed by atoms with Gasteiger partial charge in [0.2, 0.25) is 0 Å². The van der Waals surface area contributed by atoms with Crippen LogP contribution in [0.25, 0.3) is 0 Å². The minimum Gasteiger partial charge on any atom is -0.458 e. The van der Waals surface area contributed by atoms with Gasteiger partial charge in [-0.3, -0.25) is 4.79 Å². The molecular weight excluding hydrogens is 236 g/mol. The lowest BCUT2D eigenvalue weighted by molar-refractivity contribution is -0.185. The van der Waals surface area contributed by atoms with Crippen LogP contribution in [0.4, 0.5) is 0 Å². The van der Waals surface area contributed by atoms with Crippen molar-refractivity contribution in [1.29, 1.82) is 0 Å². The van der Waals surface area contributed by atoms with Gasteiger partial charge in [0.25, 0.3) is 0 Å². The van der Waals surface area contributed by atoms with Gasteiger partial charge in [0.05, 0.1) is 5.41 Å². The zero-order chi connectivity index (χ0) is 14.7. The number of carbonyl (C=O) groups is 1. The summed E-state index contributed by atoms with van der Waals surface area (Å²) in [6.07, 6.45) is 6.48. The Hall–Kier alpha value is -0.530. The van der Waals surface area contributed by atoms with Crippen LogP contribution in [0.2, 0.25) is 0 Å². The fourth-order valence-electron chi connectivity index (χ4n) is 3.28. The monoisotopic (exact) mass is 268 g/mol. The second-order valence-corrected chi connectivity index (χ2v) is 7.14. The smallest absolute Gasteiger partial charge is 0.312 e.